The van der Waals surface area contributed by atoms with Gasteiger partial charge in [0.2, 0.25) is 0 Å². The number of aliphatic hydroxyl groups is 1. The molecule has 0 saturated carbocycles. The molecule has 0 aliphatic carbocycles. The van der Waals surface area contributed by atoms with Gasteiger partial charge in [-0.15, -0.1) is 0 Å². The lowest BCUT2D eigenvalue weighted by Gasteiger charge is -1.98. The molecule has 56 valence electrons. The molecule has 3 N–H and O–H groups in total. The van der Waals surface area contributed by atoms with Crippen LogP contribution in [0.1, 0.15) is 6.92 Å². The molecule has 0 fully saturated rings. The van der Waals surface area contributed by atoms with Gasteiger partial charge in [0.1, 0.15) is 5.76 Å². The summed E-state index contributed by atoms with van der Waals surface area (Å²) in [5.41, 5.74) is -0.0116. The van der Waals surface area contributed by atoms with Gasteiger partial charge in [0, 0.05) is 13.3 Å². The largest absolute Gasteiger partial charge is 0.512 e. The van der Waals surface area contributed by atoms with Crippen LogP contribution in [0.2, 0.25) is 0 Å². The maximum Gasteiger partial charge on any atom is 0.255 e. The second-order valence-electron chi connectivity index (χ2n) is 1.72. The van der Waals surface area contributed by atoms with Crippen molar-refractivity contribution in [2.24, 2.45) is 0 Å². The molecule has 4 heteroatoms. The molecule has 10 heavy (non-hydrogen) atoms. The molecule has 0 aliphatic rings. The summed E-state index contributed by atoms with van der Waals surface area (Å²) in [6.45, 7) is 1.36. The highest BCUT2D eigenvalue weighted by molar-refractivity contribution is 6.11. The van der Waals surface area contributed by atoms with E-state index in [-0.39, 0.29) is 11.3 Å². The third-order valence-electron chi connectivity index (χ3n) is 1.01. The third kappa shape index (κ3) is 1.89. The zero-order chi connectivity index (χ0) is 8.15. The molecule has 0 aromatic rings. The highest BCUT2D eigenvalue weighted by Crippen LogP contribution is 1.95. The van der Waals surface area contributed by atoms with Gasteiger partial charge in [-0.25, -0.2) is 0 Å². The molecular weight excluding hydrogens is 132 g/mol. The van der Waals surface area contributed by atoms with Crippen molar-refractivity contribution >= 4 is 12.1 Å². The van der Waals surface area contributed by atoms with Gasteiger partial charge >= 0.3 is 0 Å². The first kappa shape index (κ1) is 8.68. The first-order valence-corrected chi connectivity index (χ1v) is 2.76. The SMILES string of the molecule is CNC(=O)/C(C=N)=C(/C)O. The van der Waals surface area contributed by atoms with Gasteiger partial charge in [-0.2, -0.15) is 0 Å². The fraction of sp³-hybridized carbons (Fsp3) is 0.333. The van der Waals surface area contributed by atoms with Crippen LogP contribution in [0.5, 0.6) is 0 Å². The number of hydrogen-bond acceptors (Lipinski definition) is 3. The minimum absolute atomic E-state index is 0.0116. The Morgan fingerprint density at radius 2 is 2.20 bits per heavy atom. The molecule has 0 heterocycles. The van der Waals surface area contributed by atoms with Crippen LogP contribution in [-0.4, -0.2) is 24.3 Å². The van der Waals surface area contributed by atoms with Gasteiger partial charge in [0.05, 0.1) is 5.57 Å². The lowest BCUT2D eigenvalue weighted by Crippen LogP contribution is -2.21. The van der Waals surface area contributed by atoms with Gasteiger partial charge in [-0.3, -0.25) is 4.79 Å². The van der Waals surface area contributed by atoms with Crippen molar-refractivity contribution in [2.45, 2.75) is 6.92 Å². The average molecular weight is 142 g/mol. The highest BCUT2D eigenvalue weighted by Gasteiger charge is 2.06. The van der Waals surface area contributed by atoms with Crippen LogP contribution in [0, 0.1) is 5.41 Å². The Bertz CT molecular complexity index is 180. The first-order valence-electron chi connectivity index (χ1n) is 2.76. The van der Waals surface area contributed by atoms with E-state index in [2.05, 4.69) is 5.32 Å². The molecule has 0 radical (unpaired) electrons. The highest BCUT2D eigenvalue weighted by atomic mass is 16.3. The predicted molar refractivity (Wildman–Crippen MR) is 38.2 cm³/mol. The number of hydrogen-bond donors (Lipinski definition) is 3. The van der Waals surface area contributed by atoms with E-state index in [9.17, 15) is 4.79 Å². The van der Waals surface area contributed by atoms with Crippen molar-refractivity contribution in [1.82, 2.24) is 5.32 Å². The number of aliphatic hydroxyl groups excluding tert-OH is 1. The number of nitrogens with one attached hydrogen (secondary N) is 2. The molecule has 0 atom stereocenters. The number of carbonyl (C=O) groups excluding carboxylic acids is 1. The Kier molecular flexibility index (Phi) is 3.17. The Labute approximate surface area is 59.1 Å². The van der Waals surface area contributed by atoms with Crippen molar-refractivity contribution in [3.63, 3.8) is 0 Å². The molecule has 0 aromatic heterocycles. The monoisotopic (exact) mass is 142 g/mol. The third-order valence-corrected chi connectivity index (χ3v) is 1.01. The molecule has 0 spiro atoms. The van der Waals surface area contributed by atoms with E-state index in [4.69, 9.17) is 10.5 Å². The molecule has 0 rings (SSSR count). The summed E-state index contributed by atoms with van der Waals surface area (Å²) in [4.78, 5) is 10.7. The zero-order valence-electron chi connectivity index (χ0n) is 5.93. The smallest absolute Gasteiger partial charge is 0.255 e. The van der Waals surface area contributed by atoms with E-state index >= 15 is 0 Å². The van der Waals surface area contributed by atoms with Crippen LogP contribution in [0.25, 0.3) is 0 Å². The Morgan fingerprint density at radius 1 is 1.70 bits per heavy atom. The zero-order valence-corrected chi connectivity index (χ0v) is 5.93. The quantitative estimate of drug-likeness (QED) is 0.293. The number of rotatable bonds is 2. The Balaban J connectivity index is 4.53. The predicted octanol–water partition coefficient (Wildman–Crippen LogP) is 0.214. The van der Waals surface area contributed by atoms with Crippen LogP contribution in [0.4, 0.5) is 0 Å². The minimum Gasteiger partial charge on any atom is -0.512 e. The van der Waals surface area contributed by atoms with Crippen LogP contribution in [0.15, 0.2) is 11.3 Å². The molecule has 0 saturated heterocycles. The number of carbonyl (C=O) groups is 1. The topological polar surface area (TPSA) is 73.2 Å². The number of allylic oxidation sites excluding steroid dienone is 1. The Morgan fingerprint density at radius 3 is 2.30 bits per heavy atom. The van der Waals surface area contributed by atoms with Gasteiger partial charge in [0.15, 0.2) is 0 Å². The van der Waals surface area contributed by atoms with E-state index in [0.717, 1.165) is 6.21 Å². The maximum atomic E-state index is 10.7. The molecule has 0 unspecified atom stereocenters. The van der Waals surface area contributed by atoms with Gasteiger partial charge < -0.3 is 15.8 Å². The van der Waals surface area contributed by atoms with Crippen molar-refractivity contribution in [2.75, 3.05) is 7.05 Å². The maximum absolute atomic E-state index is 10.7. The van der Waals surface area contributed by atoms with Crippen LogP contribution in [-0.2, 0) is 4.79 Å². The minimum atomic E-state index is -0.449. The lowest BCUT2D eigenvalue weighted by molar-refractivity contribution is -0.116. The van der Waals surface area contributed by atoms with Gasteiger partial charge in [-0.05, 0) is 6.92 Å². The normalized spacial score (nSPS) is 11.8. The second-order valence-corrected chi connectivity index (χ2v) is 1.72. The van der Waals surface area contributed by atoms with E-state index in [1.807, 2.05) is 0 Å². The fourth-order valence-corrected chi connectivity index (χ4v) is 0.469. The van der Waals surface area contributed by atoms with E-state index in [1.54, 1.807) is 0 Å². The van der Waals surface area contributed by atoms with Gasteiger partial charge in [-0.1, -0.05) is 0 Å². The Hall–Kier alpha value is -1.32. The first-order chi connectivity index (χ1) is 4.63. The van der Waals surface area contributed by atoms with Gasteiger partial charge in [0.25, 0.3) is 5.91 Å². The summed E-state index contributed by atoms with van der Waals surface area (Å²) in [6, 6.07) is 0. The second kappa shape index (κ2) is 3.66. The number of likely N-dealkylation sites (N-methyl/N-ethyl adjacent to an activating group) is 1. The van der Waals surface area contributed by atoms with Crippen molar-refractivity contribution in [3.05, 3.63) is 11.3 Å². The van der Waals surface area contributed by atoms with E-state index in [0.29, 0.717) is 0 Å². The number of amides is 1. The summed E-state index contributed by atoms with van der Waals surface area (Å²) < 4.78 is 0. The van der Waals surface area contributed by atoms with Crippen molar-refractivity contribution in [1.29, 1.82) is 5.41 Å². The van der Waals surface area contributed by atoms with E-state index < -0.39 is 5.91 Å². The molecule has 0 bridgehead atoms. The van der Waals surface area contributed by atoms with Crippen LogP contribution < -0.4 is 5.32 Å². The molecule has 4 nitrogen and oxygen atoms in total. The fourth-order valence-electron chi connectivity index (χ4n) is 0.469. The van der Waals surface area contributed by atoms with Crippen molar-refractivity contribution < 1.29 is 9.90 Å². The molecule has 0 aromatic carbocycles. The van der Waals surface area contributed by atoms with Crippen LogP contribution >= 0.6 is 0 Å². The lowest BCUT2D eigenvalue weighted by atomic mass is 10.2. The molecule has 1 amide bonds. The summed E-state index contributed by atoms with van der Waals surface area (Å²) in [5.74, 6) is -0.593. The van der Waals surface area contributed by atoms with Crippen molar-refractivity contribution in [3.8, 4) is 0 Å². The molecular formula is C6H10N2O2. The summed E-state index contributed by atoms with van der Waals surface area (Å²) in [6.07, 6.45) is 0.814. The standard InChI is InChI=1S/C6H10N2O2/c1-4(9)5(3-7)6(10)8-2/h3,7,9H,1-2H3,(H,8,10)/b5-4-,7-3?. The summed E-state index contributed by atoms with van der Waals surface area (Å²) >= 11 is 0. The summed E-state index contributed by atoms with van der Waals surface area (Å²) in [7, 11) is 1.44. The molecule has 0 aliphatic heterocycles. The average Bonchev–Trinajstić information content (AvgIpc) is 1.88. The summed E-state index contributed by atoms with van der Waals surface area (Å²) in [5, 5.41) is 17.8. The van der Waals surface area contributed by atoms with E-state index in [1.165, 1.54) is 14.0 Å². The van der Waals surface area contributed by atoms with Crippen LogP contribution in [0.3, 0.4) is 0 Å².